The molecule has 1 atom stereocenters. The van der Waals surface area contributed by atoms with E-state index in [1.54, 1.807) is 12.1 Å². The molecule has 0 aliphatic carbocycles. The highest BCUT2D eigenvalue weighted by atomic mass is 32.2. The third-order valence-electron chi connectivity index (χ3n) is 3.10. The highest BCUT2D eigenvalue weighted by molar-refractivity contribution is 7.91. The topological polar surface area (TPSA) is 66.4 Å². The molecule has 2 aromatic carbocycles. The summed E-state index contributed by atoms with van der Waals surface area (Å²) in [6, 6.07) is 14.0. The van der Waals surface area contributed by atoms with Crippen molar-refractivity contribution < 1.29 is 22.3 Å². The lowest BCUT2D eigenvalue weighted by atomic mass is 10.1. The van der Waals surface area contributed by atoms with Gasteiger partial charge in [0.1, 0.15) is 0 Å². The molecule has 22 heavy (non-hydrogen) atoms. The van der Waals surface area contributed by atoms with Crippen LogP contribution in [0.4, 0.5) is 14.5 Å². The van der Waals surface area contributed by atoms with Crippen LogP contribution in [0.2, 0.25) is 0 Å². The largest absolute Gasteiger partial charge is 0.387 e. The Kier molecular flexibility index (Phi) is 5.10. The van der Waals surface area contributed by atoms with E-state index in [9.17, 15) is 22.3 Å². The van der Waals surface area contributed by atoms with Crippen molar-refractivity contribution >= 4 is 15.5 Å². The lowest BCUT2D eigenvalue weighted by Crippen LogP contribution is -2.13. The fraction of sp³-hybridized carbons (Fsp3) is 0.200. The zero-order valence-corrected chi connectivity index (χ0v) is 12.3. The van der Waals surface area contributed by atoms with E-state index < -0.39 is 26.6 Å². The zero-order valence-electron chi connectivity index (χ0n) is 11.5. The summed E-state index contributed by atoms with van der Waals surface area (Å²) >= 11 is 0. The summed E-state index contributed by atoms with van der Waals surface area (Å²) in [4.78, 5) is -0.434. The summed E-state index contributed by atoms with van der Waals surface area (Å²) in [6.45, 7) is 0.213. The molecular weight excluding hydrogens is 312 g/mol. The molecule has 0 aliphatic rings. The molecule has 0 saturated carbocycles. The van der Waals surface area contributed by atoms with Crippen molar-refractivity contribution in [3.8, 4) is 0 Å². The number of sulfone groups is 1. The maximum Gasteiger partial charge on any atom is 0.341 e. The van der Waals surface area contributed by atoms with Crippen molar-refractivity contribution in [2.45, 2.75) is 16.8 Å². The van der Waals surface area contributed by atoms with E-state index >= 15 is 0 Å². The lowest BCUT2D eigenvalue weighted by molar-refractivity contribution is 0.191. The number of nitrogens with one attached hydrogen (secondary N) is 1. The molecule has 7 heteroatoms. The monoisotopic (exact) mass is 327 g/mol. The zero-order chi connectivity index (χ0) is 16.2. The fourth-order valence-corrected chi connectivity index (χ4v) is 2.59. The Morgan fingerprint density at radius 1 is 1.00 bits per heavy atom. The second-order valence-electron chi connectivity index (χ2n) is 4.64. The smallest absolute Gasteiger partial charge is 0.341 e. The number of halogens is 2. The van der Waals surface area contributed by atoms with Crippen LogP contribution in [0.5, 0.6) is 0 Å². The summed E-state index contributed by atoms with van der Waals surface area (Å²) in [5, 5.41) is 12.9. The summed E-state index contributed by atoms with van der Waals surface area (Å²) in [5.41, 5.74) is 1.27. The number of aliphatic hydroxyl groups excluding tert-OH is 1. The van der Waals surface area contributed by atoms with E-state index in [2.05, 4.69) is 5.32 Å². The van der Waals surface area contributed by atoms with Crippen LogP contribution in [-0.2, 0) is 9.84 Å². The van der Waals surface area contributed by atoms with Crippen molar-refractivity contribution in [1.29, 1.82) is 0 Å². The maximum atomic E-state index is 12.4. The van der Waals surface area contributed by atoms with Crippen LogP contribution in [-0.4, -0.2) is 25.8 Å². The van der Waals surface area contributed by atoms with Gasteiger partial charge in [-0.2, -0.15) is 8.78 Å². The molecule has 2 aromatic rings. The predicted octanol–water partition coefficient (Wildman–Crippen LogP) is 2.83. The van der Waals surface area contributed by atoms with Crippen LogP contribution in [0, 0.1) is 0 Å². The molecule has 2 rings (SSSR count). The third kappa shape index (κ3) is 3.80. The molecule has 0 heterocycles. The van der Waals surface area contributed by atoms with Crippen molar-refractivity contribution in [3.05, 3.63) is 60.2 Å². The molecule has 0 bridgehead atoms. The van der Waals surface area contributed by atoms with Gasteiger partial charge in [0.25, 0.3) is 0 Å². The molecule has 0 radical (unpaired) electrons. The summed E-state index contributed by atoms with van der Waals surface area (Å²) in [5.74, 6) is -3.44. The molecule has 0 saturated heterocycles. The molecule has 2 N–H and O–H groups in total. The average molecular weight is 327 g/mol. The van der Waals surface area contributed by atoms with Crippen LogP contribution in [0.25, 0.3) is 0 Å². The Bertz CT molecular complexity index is 703. The molecule has 0 fully saturated rings. The number of hydrogen-bond acceptors (Lipinski definition) is 4. The number of rotatable bonds is 6. The third-order valence-corrected chi connectivity index (χ3v) is 4.50. The van der Waals surface area contributed by atoms with Gasteiger partial charge >= 0.3 is 5.76 Å². The number of aliphatic hydroxyl groups is 1. The number of anilines is 1. The lowest BCUT2D eigenvalue weighted by Gasteiger charge is -2.13. The molecule has 118 valence electrons. The van der Waals surface area contributed by atoms with Crippen LogP contribution in [0.1, 0.15) is 11.7 Å². The predicted molar refractivity (Wildman–Crippen MR) is 79.5 cm³/mol. The fourth-order valence-electron chi connectivity index (χ4n) is 1.87. The van der Waals surface area contributed by atoms with Gasteiger partial charge in [0, 0.05) is 12.2 Å². The minimum Gasteiger partial charge on any atom is -0.387 e. The first-order valence-electron chi connectivity index (χ1n) is 6.50. The Balaban J connectivity index is 2.01. The first kappa shape index (κ1) is 16.4. The standard InChI is InChI=1S/C15H15F2NO3S/c16-15(17)22(20,21)13-8-6-12(7-9-13)18-10-14(19)11-4-2-1-3-5-11/h1-9,14-15,18-19H,10H2. The number of benzene rings is 2. The molecule has 0 aromatic heterocycles. The van der Waals surface area contributed by atoms with Gasteiger partial charge in [-0.15, -0.1) is 0 Å². The van der Waals surface area contributed by atoms with E-state index in [1.807, 2.05) is 18.2 Å². The first-order valence-corrected chi connectivity index (χ1v) is 8.05. The van der Waals surface area contributed by atoms with Crippen molar-refractivity contribution in [3.63, 3.8) is 0 Å². The Labute approximate surface area is 127 Å². The van der Waals surface area contributed by atoms with Crippen LogP contribution in [0.3, 0.4) is 0 Å². The molecule has 0 spiro atoms. The normalized spacial score (nSPS) is 13.1. The average Bonchev–Trinajstić information content (AvgIpc) is 2.53. The summed E-state index contributed by atoms with van der Waals surface area (Å²) in [6.07, 6.45) is -0.731. The van der Waals surface area contributed by atoms with Gasteiger partial charge in [0.05, 0.1) is 11.0 Å². The Morgan fingerprint density at radius 3 is 2.14 bits per heavy atom. The number of hydrogen-bond donors (Lipinski definition) is 2. The van der Waals surface area contributed by atoms with Crippen LogP contribution >= 0.6 is 0 Å². The van der Waals surface area contributed by atoms with Gasteiger partial charge in [-0.3, -0.25) is 0 Å². The highest BCUT2D eigenvalue weighted by Crippen LogP contribution is 2.21. The van der Waals surface area contributed by atoms with Crippen LogP contribution < -0.4 is 5.32 Å². The Morgan fingerprint density at radius 2 is 1.59 bits per heavy atom. The minimum absolute atomic E-state index is 0.213. The van der Waals surface area contributed by atoms with Gasteiger partial charge in [-0.25, -0.2) is 8.42 Å². The first-order chi connectivity index (χ1) is 10.4. The van der Waals surface area contributed by atoms with E-state index in [0.717, 1.165) is 17.7 Å². The summed E-state index contributed by atoms with van der Waals surface area (Å²) in [7, 11) is -4.58. The second kappa shape index (κ2) is 6.85. The van der Waals surface area contributed by atoms with Gasteiger partial charge < -0.3 is 10.4 Å². The molecule has 0 amide bonds. The van der Waals surface area contributed by atoms with Gasteiger partial charge in [-0.05, 0) is 29.8 Å². The maximum absolute atomic E-state index is 12.4. The van der Waals surface area contributed by atoms with Crippen molar-refractivity contribution in [2.24, 2.45) is 0 Å². The van der Waals surface area contributed by atoms with Crippen molar-refractivity contribution in [2.75, 3.05) is 11.9 Å². The van der Waals surface area contributed by atoms with Crippen LogP contribution in [0.15, 0.2) is 59.5 Å². The summed E-state index contributed by atoms with van der Waals surface area (Å²) < 4.78 is 47.4. The van der Waals surface area contributed by atoms with E-state index in [0.29, 0.717) is 5.69 Å². The van der Waals surface area contributed by atoms with E-state index in [-0.39, 0.29) is 6.54 Å². The van der Waals surface area contributed by atoms with Gasteiger partial charge in [-0.1, -0.05) is 30.3 Å². The molecule has 4 nitrogen and oxygen atoms in total. The van der Waals surface area contributed by atoms with Gasteiger partial charge in [0.15, 0.2) is 0 Å². The van der Waals surface area contributed by atoms with Crippen molar-refractivity contribution in [1.82, 2.24) is 0 Å². The quantitative estimate of drug-likeness (QED) is 0.856. The van der Waals surface area contributed by atoms with Gasteiger partial charge in [0.2, 0.25) is 9.84 Å². The molecule has 0 aliphatic heterocycles. The Hall–Kier alpha value is -1.99. The highest BCUT2D eigenvalue weighted by Gasteiger charge is 2.26. The SMILES string of the molecule is O=S(=O)(c1ccc(NCC(O)c2ccccc2)cc1)C(F)F. The second-order valence-corrected chi connectivity index (χ2v) is 6.56. The van der Waals surface area contributed by atoms with E-state index in [4.69, 9.17) is 0 Å². The minimum atomic E-state index is -4.58. The molecule has 1 unspecified atom stereocenters. The molecular formula is C15H15F2NO3S. The van der Waals surface area contributed by atoms with E-state index in [1.165, 1.54) is 12.1 Å². The number of alkyl halides is 2.